The van der Waals surface area contributed by atoms with E-state index in [1.807, 2.05) is 0 Å². The number of carbonyl (C=O) groups is 3. The first-order valence-corrected chi connectivity index (χ1v) is 2.43. The Bertz CT molecular complexity index is 161. The van der Waals surface area contributed by atoms with Crippen LogP contribution >= 0.6 is 0 Å². The van der Waals surface area contributed by atoms with E-state index in [0.29, 0.717) is 0 Å². The first kappa shape index (κ1) is 18.4. The van der Waals surface area contributed by atoms with Crippen LogP contribution in [0.4, 0.5) is 0 Å². The van der Waals surface area contributed by atoms with Crippen LogP contribution in [0.25, 0.3) is 0 Å². The zero-order chi connectivity index (χ0) is 8.15. The van der Waals surface area contributed by atoms with Gasteiger partial charge in [-0.05, 0) is 0 Å². The van der Waals surface area contributed by atoms with E-state index < -0.39 is 30.6 Å². The van der Waals surface area contributed by atoms with Gasteiger partial charge in [0.25, 0.3) is 0 Å². The number of ketones is 1. The van der Waals surface area contributed by atoms with Crippen molar-refractivity contribution in [3.05, 3.63) is 0 Å². The second-order valence-corrected chi connectivity index (χ2v) is 1.64. The van der Waals surface area contributed by atoms with Gasteiger partial charge in [0.2, 0.25) is 0 Å². The molecule has 0 aromatic heterocycles. The van der Waals surface area contributed by atoms with Crippen molar-refractivity contribution in [3.63, 3.8) is 0 Å². The number of rotatable bonds is 4. The second-order valence-electron chi connectivity index (χ2n) is 1.64. The molecule has 0 aromatic rings. The molecule has 0 spiro atoms. The number of aliphatic carboxylic acids is 2. The second kappa shape index (κ2) is 9.70. The number of hydrogen-bond acceptors (Lipinski definition) is 5. The Hall–Kier alpha value is 0.610. The van der Waals surface area contributed by atoms with Gasteiger partial charge in [-0.1, -0.05) is 0 Å². The molecule has 0 fully saturated rings. The number of carbonyl (C=O) groups excluding carboxylic acids is 3. The summed E-state index contributed by atoms with van der Waals surface area (Å²) in [6.07, 6.45) is -1.73. The SMILES string of the molecule is O=C([O-])CC(=O)CC(=O)[O-].[Na+].[Na+]. The van der Waals surface area contributed by atoms with Crippen LogP contribution in [0.2, 0.25) is 0 Å². The summed E-state index contributed by atoms with van der Waals surface area (Å²) in [5.41, 5.74) is 0. The molecule has 0 heterocycles. The summed E-state index contributed by atoms with van der Waals surface area (Å²) in [4.78, 5) is 29.5. The number of Topliss-reactive ketones (excluding diaryl/α,β-unsaturated/α-hetero) is 1. The number of carboxylic acid groups (broad SMARTS) is 2. The largest absolute Gasteiger partial charge is 1.00 e. The van der Waals surface area contributed by atoms with Crippen molar-refractivity contribution in [2.45, 2.75) is 12.8 Å². The van der Waals surface area contributed by atoms with Gasteiger partial charge in [0, 0.05) is 24.8 Å². The molecule has 0 rings (SSSR count). The molecule has 7 heteroatoms. The maximum Gasteiger partial charge on any atom is 1.00 e. The van der Waals surface area contributed by atoms with Crippen molar-refractivity contribution >= 4 is 17.7 Å². The summed E-state index contributed by atoms with van der Waals surface area (Å²) in [5.74, 6) is -4.07. The summed E-state index contributed by atoms with van der Waals surface area (Å²) >= 11 is 0. The summed E-state index contributed by atoms with van der Waals surface area (Å²) in [6, 6.07) is 0. The molecule has 5 nitrogen and oxygen atoms in total. The maximum atomic E-state index is 10.2. The fourth-order valence-electron chi connectivity index (χ4n) is 0.384. The van der Waals surface area contributed by atoms with Crippen LogP contribution in [0.3, 0.4) is 0 Å². The van der Waals surface area contributed by atoms with E-state index in [-0.39, 0.29) is 59.1 Å². The summed E-state index contributed by atoms with van der Waals surface area (Å²) < 4.78 is 0. The van der Waals surface area contributed by atoms with Crippen LogP contribution in [0.15, 0.2) is 0 Å². The van der Waals surface area contributed by atoms with E-state index in [1.54, 1.807) is 0 Å². The molecule has 56 valence electrons. The average molecular weight is 190 g/mol. The molecule has 0 N–H and O–H groups in total. The predicted molar refractivity (Wildman–Crippen MR) is 24.3 cm³/mol. The van der Waals surface area contributed by atoms with Crippen LogP contribution in [0.1, 0.15) is 12.8 Å². The quantitative estimate of drug-likeness (QED) is 0.324. The van der Waals surface area contributed by atoms with E-state index in [0.717, 1.165) is 0 Å². The van der Waals surface area contributed by atoms with Gasteiger partial charge in [0.05, 0.1) is 0 Å². The minimum absolute atomic E-state index is 0. The average Bonchev–Trinajstić information content (AvgIpc) is 1.58. The number of carboxylic acids is 2. The molecule has 0 atom stereocenters. The minimum atomic E-state index is -1.58. The van der Waals surface area contributed by atoms with E-state index in [1.165, 1.54) is 0 Å². The van der Waals surface area contributed by atoms with Gasteiger partial charge in [-0.25, -0.2) is 0 Å². The smallest absolute Gasteiger partial charge is 0.550 e. The van der Waals surface area contributed by atoms with Crippen molar-refractivity contribution in [2.75, 3.05) is 0 Å². The molecular weight excluding hydrogens is 186 g/mol. The molecule has 0 aliphatic carbocycles. The molecule has 0 aromatic carbocycles. The van der Waals surface area contributed by atoms with Gasteiger partial charge in [-0.3, -0.25) is 4.79 Å². The zero-order valence-corrected chi connectivity index (χ0v) is 11.0. The molecule has 0 aliphatic heterocycles. The Balaban J connectivity index is -0.000000405. The molecule has 0 amide bonds. The van der Waals surface area contributed by atoms with E-state index in [4.69, 9.17) is 0 Å². The normalized spacial score (nSPS) is 7.33. The number of hydrogen-bond donors (Lipinski definition) is 0. The van der Waals surface area contributed by atoms with Gasteiger partial charge in [0.1, 0.15) is 5.78 Å². The third kappa shape index (κ3) is 13.2. The van der Waals surface area contributed by atoms with Crippen LogP contribution in [0, 0.1) is 0 Å². The van der Waals surface area contributed by atoms with Crippen molar-refractivity contribution in [1.82, 2.24) is 0 Å². The molecule has 12 heavy (non-hydrogen) atoms. The van der Waals surface area contributed by atoms with Crippen molar-refractivity contribution in [3.8, 4) is 0 Å². The fourth-order valence-corrected chi connectivity index (χ4v) is 0.384. The molecule has 0 radical (unpaired) electrons. The Kier molecular flexibility index (Phi) is 14.9. The molecule has 0 aliphatic rings. The van der Waals surface area contributed by atoms with Crippen LogP contribution in [-0.4, -0.2) is 17.7 Å². The van der Waals surface area contributed by atoms with Gasteiger partial charge in [-0.15, -0.1) is 0 Å². The Labute approximate surface area is 113 Å². The zero-order valence-electron chi connectivity index (χ0n) is 6.96. The Morgan fingerprint density at radius 1 is 0.833 bits per heavy atom. The van der Waals surface area contributed by atoms with Gasteiger partial charge in [-0.2, -0.15) is 0 Å². The Morgan fingerprint density at radius 3 is 1.25 bits per heavy atom. The molecular formula is C5H4Na2O5. The first-order chi connectivity index (χ1) is 4.52. The van der Waals surface area contributed by atoms with Crippen molar-refractivity contribution < 1.29 is 83.7 Å². The standard InChI is InChI=1S/C5H6O5.2Na/c6-3(1-4(7)8)2-5(9)10;;/h1-2H2,(H,7,8)(H,9,10);;/q;2*+1/p-2. The monoisotopic (exact) mass is 190 g/mol. The molecule has 0 saturated carbocycles. The topological polar surface area (TPSA) is 97.3 Å². The van der Waals surface area contributed by atoms with Crippen molar-refractivity contribution in [2.24, 2.45) is 0 Å². The van der Waals surface area contributed by atoms with Crippen molar-refractivity contribution in [1.29, 1.82) is 0 Å². The van der Waals surface area contributed by atoms with Crippen LogP contribution < -0.4 is 69.3 Å². The van der Waals surface area contributed by atoms with Gasteiger partial charge >= 0.3 is 59.1 Å². The third-order valence-corrected chi connectivity index (χ3v) is 0.683. The maximum absolute atomic E-state index is 10.2. The predicted octanol–water partition coefficient (Wildman–Crippen LogP) is -9.16. The summed E-state index contributed by atoms with van der Waals surface area (Å²) in [7, 11) is 0. The summed E-state index contributed by atoms with van der Waals surface area (Å²) in [6.45, 7) is 0. The van der Waals surface area contributed by atoms with Crippen LogP contribution in [-0.2, 0) is 14.4 Å². The first-order valence-electron chi connectivity index (χ1n) is 2.43. The van der Waals surface area contributed by atoms with E-state index >= 15 is 0 Å². The van der Waals surface area contributed by atoms with E-state index in [9.17, 15) is 24.6 Å². The Morgan fingerprint density at radius 2 is 1.08 bits per heavy atom. The fraction of sp³-hybridized carbons (Fsp3) is 0.400. The van der Waals surface area contributed by atoms with Gasteiger partial charge in [0.15, 0.2) is 0 Å². The van der Waals surface area contributed by atoms with Gasteiger partial charge < -0.3 is 19.8 Å². The molecule has 0 bridgehead atoms. The molecule has 0 unspecified atom stereocenters. The third-order valence-electron chi connectivity index (χ3n) is 0.683. The minimum Gasteiger partial charge on any atom is -0.550 e. The molecule has 0 saturated heterocycles. The summed E-state index contributed by atoms with van der Waals surface area (Å²) in [5, 5.41) is 19.3. The van der Waals surface area contributed by atoms with Crippen LogP contribution in [0.5, 0.6) is 0 Å². The van der Waals surface area contributed by atoms with E-state index in [2.05, 4.69) is 0 Å².